The molecule has 1 N–H and O–H groups in total. The Morgan fingerprint density at radius 2 is 1.79 bits per heavy atom. The van der Waals surface area contributed by atoms with Crippen LogP contribution in [0.4, 0.5) is 4.39 Å². The quantitative estimate of drug-likeness (QED) is 0.622. The molecule has 0 saturated carbocycles. The van der Waals surface area contributed by atoms with Crippen molar-refractivity contribution in [3.63, 3.8) is 0 Å². The van der Waals surface area contributed by atoms with Crippen molar-refractivity contribution in [2.75, 3.05) is 5.75 Å². The number of hydrogen-bond donors (Lipinski definition) is 1. The first-order chi connectivity index (χ1) is 13.8. The fourth-order valence-electron chi connectivity index (χ4n) is 2.74. The molecule has 2 amide bonds. The van der Waals surface area contributed by atoms with Gasteiger partial charge in [0.05, 0.1) is 5.75 Å². The molecule has 156 valence electrons. The van der Waals surface area contributed by atoms with E-state index >= 15 is 0 Å². The van der Waals surface area contributed by atoms with Crippen LogP contribution in [0.25, 0.3) is 0 Å². The van der Waals surface area contributed by atoms with Crippen LogP contribution in [0.1, 0.15) is 31.9 Å². The van der Waals surface area contributed by atoms with Gasteiger partial charge < -0.3 is 10.2 Å². The molecule has 0 spiro atoms. The fourth-order valence-corrected chi connectivity index (χ4v) is 3.82. The molecule has 0 bridgehead atoms. The zero-order valence-corrected chi connectivity index (χ0v) is 18.4. The first-order valence-electron chi connectivity index (χ1n) is 9.42. The molecule has 0 aliphatic heterocycles. The normalized spacial score (nSPS) is 11.9. The van der Waals surface area contributed by atoms with Crippen LogP contribution in [0.2, 0.25) is 5.02 Å². The zero-order valence-electron chi connectivity index (χ0n) is 16.8. The highest BCUT2D eigenvalue weighted by Crippen LogP contribution is 2.18. The lowest BCUT2D eigenvalue weighted by Gasteiger charge is -2.29. The third-order valence-corrected chi connectivity index (χ3v) is 5.47. The van der Waals surface area contributed by atoms with E-state index in [0.717, 1.165) is 11.1 Å². The molecule has 0 saturated heterocycles. The monoisotopic (exact) mass is 436 g/mol. The second kappa shape index (κ2) is 11.2. The summed E-state index contributed by atoms with van der Waals surface area (Å²) in [4.78, 5) is 27.0. The van der Waals surface area contributed by atoms with E-state index < -0.39 is 6.04 Å². The zero-order chi connectivity index (χ0) is 21.4. The largest absolute Gasteiger partial charge is 0.352 e. The first-order valence-corrected chi connectivity index (χ1v) is 11.0. The Labute approximate surface area is 180 Å². The summed E-state index contributed by atoms with van der Waals surface area (Å²) in [7, 11) is 0. The molecular weight excluding hydrogens is 411 g/mol. The highest BCUT2D eigenvalue weighted by Gasteiger charge is 2.26. The lowest BCUT2D eigenvalue weighted by atomic mass is 10.1. The molecule has 0 aromatic heterocycles. The maximum Gasteiger partial charge on any atom is 0.242 e. The van der Waals surface area contributed by atoms with E-state index in [4.69, 9.17) is 11.6 Å². The van der Waals surface area contributed by atoms with Crippen LogP contribution >= 0.6 is 23.4 Å². The highest BCUT2D eigenvalue weighted by molar-refractivity contribution is 7.99. The molecule has 7 heteroatoms. The van der Waals surface area contributed by atoms with Crippen LogP contribution in [0.5, 0.6) is 0 Å². The first kappa shape index (κ1) is 23.2. The van der Waals surface area contributed by atoms with Gasteiger partial charge in [-0.25, -0.2) is 4.39 Å². The standard InChI is InChI=1S/C22H26ClFN2O2S/c1-15(2)25-22(28)16(3)26(12-18-5-4-6-19(23)11-18)21(27)14-29-13-17-7-9-20(24)10-8-17/h4-11,15-16H,12-14H2,1-3H3,(H,25,28)/t16-/m1/s1. The fraction of sp³-hybridized carbons (Fsp3) is 0.364. The van der Waals surface area contributed by atoms with Crippen molar-refractivity contribution in [3.05, 3.63) is 70.5 Å². The van der Waals surface area contributed by atoms with Crippen LogP contribution < -0.4 is 5.32 Å². The summed E-state index contributed by atoms with van der Waals surface area (Å²) in [5, 5.41) is 3.44. The van der Waals surface area contributed by atoms with Crippen LogP contribution in [0.15, 0.2) is 48.5 Å². The molecule has 0 aliphatic rings. The highest BCUT2D eigenvalue weighted by atomic mass is 35.5. The summed E-state index contributed by atoms with van der Waals surface area (Å²) in [6.45, 7) is 5.78. The molecule has 2 rings (SSSR count). The predicted octanol–water partition coefficient (Wildman–Crippen LogP) is 4.65. The van der Waals surface area contributed by atoms with Crippen molar-refractivity contribution in [1.82, 2.24) is 10.2 Å². The van der Waals surface area contributed by atoms with Gasteiger partial charge in [0.15, 0.2) is 0 Å². The van der Waals surface area contributed by atoms with Crippen LogP contribution in [-0.2, 0) is 21.9 Å². The third kappa shape index (κ3) is 7.71. The molecule has 29 heavy (non-hydrogen) atoms. The molecule has 0 unspecified atom stereocenters. The molecular formula is C22H26ClFN2O2S. The van der Waals surface area contributed by atoms with Gasteiger partial charge in [-0.15, -0.1) is 11.8 Å². The van der Waals surface area contributed by atoms with Gasteiger partial charge in [-0.05, 0) is 56.2 Å². The maximum atomic E-state index is 13.0. The summed E-state index contributed by atoms with van der Waals surface area (Å²) in [5.74, 6) is 0.191. The molecule has 2 aromatic rings. The summed E-state index contributed by atoms with van der Waals surface area (Å²) >= 11 is 7.50. The van der Waals surface area contributed by atoms with Crippen LogP contribution in [0.3, 0.4) is 0 Å². The Kier molecular flexibility index (Phi) is 8.99. The van der Waals surface area contributed by atoms with E-state index in [-0.39, 0.29) is 29.4 Å². The van der Waals surface area contributed by atoms with Crippen molar-refractivity contribution >= 4 is 35.2 Å². The van der Waals surface area contributed by atoms with Gasteiger partial charge in [-0.2, -0.15) is 0 Å². The molecule has 0 radical (unpaired) electrons. The van der Waals surface area contributed by atoms with Crippen molar-refractivity contribution in [2.45, 2.75) is 45.2 Å². The lowest BCUT2D eigenvalue weighted by molar-refractivity contribution is -0.138. The van der Waals surface area contributed by atoms with Gasteiger partial charge in [0.2, 0.25) is 11.8 Å². The Morgan fingerprint density at radius 3 is 2.41 bits per heavy atom. The summed E-state index contributed by atoms with van der Waals surface area (Å²) in [6, 6.07) is 12.8. The average Bonchev–Trinajstić information content (AvgIpc) is 2.66. The van der Waals surface area contributed by atoms with Gasteiger partial charge >= 0.3 is 0 Å². The minimum atomic E-state index is -0.615. The molecule has 0 heterocycles. The van der Waals surface area contributed by atoms with E-state index in [9.17, 15) is 14.0 Å². The van der Waals surface area contributed by atoms with Crippen LogP contribution in [0, 0.1) is 5.82 Å². The number of thioether (sulfide) groups is 1. The Balaban J connectivity index is 2.06. The SMILES string of the molecule is CC(C)NC(=O)[C@@H](C)N(Cc1cccc(Cl)c1)C(=O)CSCc1ccc(F)cc1. The Hall–Kier alpha value is -2.05. The molecule has 0 fully saturated rings. The van der Waals surface area contributed by atoms with Gasteiger partial charge in [0.25, 0.3) is 0 Å². The predicted molar refractivity (Wildman–Crippen MR) is 117 cm³/mol. The average molecular weight is 437 g/mol. The molecule has 4 nitrogen and oxygen atoms in total. The van der Waals surface area contributed by atoms with Crippen molar-refractivity contribution in [2.24, 2.45) is 0 Å². The smallest absolute Gasteiger partial charge is 0.242 e. The van der Waals surface area contributed by atoms with E-state index in [1.165, 1.54) is 23.9 Å². The van der Waals surface area contributed by atoms with E-state index in [0.29, 0.717) is 17.3 Å². The molecule has 0 aliphatic carbocycles. The van der Waals surface area contributed by atoms with Crippen molar-refractivity contribution in [1.29, 1.82) is 0 Å². The Bertz CT molecular complexity index is 830. The number of amides is 2. The minimum Gasteiger partial charge on any atom is -0.352 e. The summed E-state index contributed by atoms with van der Waals surface area (Å²) in [5.41, 5.74) is 1.80. The third-order valence-electron chi connectivity index (χ3n) is 4.25. The summed E-state index contributed by atoms with van der Waals surface area (Å²) < 4.78 is 13.0. The second-order valence-electron chi connectivity index (χ2n) is 7.11. The van der Waals surface area contributed by atoms with Gasteiger partial charge in [-0.3, -0.25) is 9.59 Å². The number of rotatable bonds is 9. The van der Waals surface area contributed by atoms with E-state index in [2.05, 4.69) is 5.32 Å². The van der Waals surface area contributed by atoms with Crippen molar-refractivity contribution in [3.8, 4) is 0 Å². The van der Waals surface area contributed by atoms with E-state index in [1.807, 2.05) is 26.0 Å². The lowest BCUT2D eigenvalue weighted by Crippen LogP contribution is -2.49. The number of halogens is 2. The second-order valence-corrected chi connectivity index (χ2v) is 8.53. The van der Waals surface area contributed by atoms with Crippen molar-refractivity contribution < 1.29 is 14.0 Å². The van der Waals surface area contributed by atoms with Crippen LogP contribution in [-0.4, -0.2) is 34.6 Å². The number of nitrogens with zero attached hydrogens (tertiary/aromatic N) is 1. The minimum absolute atomic E-state index is 0.0130. The topological polar surface area (TPSA) is 49.4 Å². The maximum absolute atomic E-state index is 13.0. The molecule has 2 aromatic carbocycles. The number of benzene rings is 2. The van der Waals surface area contributed by atoms with E-state index in [1.54, 1.807) is 36.1 Å². The molecule has 1 atom stereocenters. The number of carbonyl (C=O) groups excluding carboxylic acids is 2. The number of carbonyl (C=O) groups is 2. The van der Waals surface area contributed by atoms with Gasteiger partial charge in [0.1, 0.15) is 11.9 Å². The van der Waals surface area contributed by atoms with Gasteiger partial charge in [-0.1, -0.05) is 35.9 Å². The number of hydrogen-bond acceptors (Lipinski definition) is 3. The number of nitrogens with one attached hydrogen (secondary N) is 1. The van der Waals surface area contributed by atoms with Gasteiger partial charge in [0, 0.05) is 23.4 Å². The Morgan fingerprint density at radius 1 is 1.10 bits per heavy atom. The summed E-state index contributed by atoms with van der Waals surface area (Å²) in [6.07, 6.45) is 0.